The molecule has 0 aromatic rings. The molecule has 1 saturated carbocycles. The van der Waals surface area contributed by atoms with E-state index >= 15 is 0 Å². The molecule has 2 rings (SSSR count). The third kappa shape index (κ3) is 4.20. The highest BCUT2D eigenvalue weighted by molar-refractivity contribution is 5.82. The van der Waals surface area contributed by atoms with E-state index < -0.39 is 6.04 Å². The van der Waals surface area contributed by atoms with E-state index in [1.165, 1.54) is 0 Å². The van der Waals surface area contributed by atoms with E-state index in [9.17, 15) is 9.59 Å². The van der Waals surface area contributed by atoms with Gasteiger partial charge in [-0.2, -0.15) is 0 Å². The summed E-state index contributed by atoms with van der Waals surface area (Å²) in [5.41, 5.74) is 5.88. The smallest absolute Gasteiger partial charge is 0.237 e. The summed E-state index contributed by atoms with van der Waals surface area (Å²) < 4.78 is 0. The number of rotatable bonds is 5. The molecular weight excluding hydrogens is 254 g/mol. The first kappa shape index (κ1) is 15.3. The van der Waals surface area contributed by atoms with Crippen LogP contribution in [0.3, 0.4) is 0 Å². The van der Waals surface area contributed by atoms with Crippen LogP contribution in [-0.2, 0) is 9.59 Å². The zero-order valence-electron chi connectivity index (χ0n) is 12.6. The number of carbonyl (C=O) groups excluding carboxylic acids is 2. The molecule has 0 aromatic carbocycles. The molecule has 5 heteroatoms. The molecule has 1 saturated heterocycles. The van der Waals surface area contributed by atoms with Crippen LogP contribution in [-0.4, -0.2) is 41.9 Å². The molecule has 20 heavy (non-hydrogen) atoms. The van der Waals surface area contributed by atoms with E-state index in [1.807, 2.05) is 4.90 Å². The molecule has 1 heterocycles. The van der Waals surface area contributed by atoms with E-state index in [4.69, 9.17) is 5.73 Å². The van der Waals surface area contributed by atoms with Crippen molar-refractivity contribution >= 4 is 11.8 Å². The largest absolute Gasteiger partial charge is 0.352 e. The van der Waals surface area contributed by atoms with E-state index in [-0.39, 0.29) is 11.9 Å². The zero-order valence-corrected chi connectivity index (χ0v) is 12.6. The number of nitrogens with two attached hydrogens (primary N) is 1. The highest BCUT2D eigenvalue weighted by atomic mass is 16.2. The van der Waals surface area contributed by atoms with Crippen molar-refractivity contribution in [3.8, 4) is 0 Å². The summed E-state index contributed by atoms with van der Waals surface area (Å²) in [7, 11) is 0. The Morgan fingerprint density at radius 1 is 1.20 bits per heavy atom. The summed E-state index contributed by atoms with van der Waals surface area (Å²) in [4.78, 5) is 25.9. The van der Waals surface area contributed by atoms with Crippen molar-refractivity contribution in [3.05, 3.63) is 0 Å². The fourth-order valence-electron chi connectivity index (χ4n) is 2.76. The van der Waals surface area contributed by atoms with Gasteiger partial charge in [0.2, 0.25) is 11.8 Å². The summed E-state index contributed by atoms with van der Waals surface area (Å²) in [5.74, 6) is 0.978. The Bertz CT molecular complexity index is 358. The molecule has 1 atom stereocenters. The van der Waals surface area contributed by atoms with Crippen molar-refractivity contribution in [2.45, 2.75) is 58.0 Å². The predicted molar refractivity (Wildman–Crippen MR) is 77.9 cm³/mol. The molecule has 2 amide bonds. The maximum Gasteiger partial charge on any atom is 0.237 e. The average Bonchev–Trinajstić information content (AvgIpc) is 3.22. The Kier molecular flexibility index (Phi) is 5.02. The van der Waals surface area contributed by atoms with Crippen LogP contribution in [0.2, 0.25) is 0 Å². The second kappa shape index (κ2) is 6.57. The van der Waals surface area contributed by atoms with Gasteiger partial charge < -0.3 is 16.0 Å². The van der Waals surface area contributed by atoms with E-state index in [0.29, 0.717) is 24.2 Å². The van der Waals surface area contributed by atoms with E-state index in [2.05, 4.69) is 19.2 Å². The minimum atomic E-state index is -0.416. The molecule has 1 aliphatic carbocycles. The normalized spacial score (nSPS) is 21.9. The van der Waals surface area contributed by atoms with Crippen molar-refractivity contribution in [1.29, 1.82) is 0 Å². The monoisotopic (exact) mass is 281 g/mol. The number of hydrogen-bond donors (Lipinski definition) is 2. The minimum absolute atomic E-state index is 0.0503. The van der Waals surface area contributed by atoms with Crippen LogP contribution in [0.4, 0.5) is 0 Å². The fourth-order valence-corrected chi connectivity index (χ4v) is 2.76. The molecular formula is C15H27N3O2. The lowest BCUT2D eigenvalue weighted by Gasteiger charge is -2.33. The number of carbonyl (C=O) groups is 2. The SMILES string of the molecule is CC(C)C[C@H](N)C(=O)NC1CCN(C(=O)C2CC2)CC1. The molecule has 0 unspecified atom stereocenters. The summed E-state index contributed by atoms with van der Waals surface area (Å²) in [6.45, 7) is 5.66. The maximum absolute atomic E-state index is 12.0. The van der Waals surface area contributed by atoms with Gasteiger partial charge in [0, 0.05) is 25.0 Å². The number of nitrogens with one attached hydrogen (secondary N) is 1. The Hall–Kier alpha value is -1.10. The molecule has 0 radical (unpaired) electrons. The number of nitrogens with zero attached hydrogens (tertiary/aromatic N) is 1. The lowest BCUT2D eigenvalue weighted by Crippen LogP contribution is -2.51. The first-order chi connectivity index (χ1) is 9.47. The molecule has 2 aliphatic rings. The number of likely N-dealkylation sites (tertiary alicyclic amines) is 1. The molecule has 0 bridgehead atoms. The third-order valence-corrected chi connectivity index (χ3v) is 4.14. The molecule has 1 aliphatic heterocycles. The van der Waals surface area contributed by atoms with Gasteiger partial charge in [-0.05, 0) is 38.0 Å². The van der Waals surface area contributed by atoms with Gasteiger partial charge in [-0.25, -0.2) is 0 Å². The predicted octanol–water partition coefficient (Wildman–Crippen LogP) is 0.877. The van der Waals surface area contributed by atoms with Crippen LogP contribution in [0.15, 0.2) is 0 Å². The first-order valence-electron chi connectivity index (χ1n) is 7.82. The summed E-state index contributed by atoms with van der Waals surface area (Å²) in [6.07, 6.45) is 4.52. The second-order valence-electron chi connectivity index (χ2n) is 6.62. The number of piperidine rings is 1. The van der Waals surface area contributed by atoms with E-state index in [1.54, 1.807) is 0 Å². The van der Waals surface area contributed by atoms with Gasteiger partial charge in [0.15, 0.2) is 0 Å². The quantitative estimate of drug-likeness (QED) is 0.785. The molecule has 2 fully saturated rings. The summed E-state index contributed by atoms with van der Waals surface area (Å²) in [6, 6.07) is -0.245. The van der Waals surface area contributed by atoms with Gasteiger partial charge in [0.05, 0.1) is 6.04 Å². The maximum atomic E-state index is 12.0. The fraction of sp³-hybridized carbons (Fsp3) is 0.867. The highest BCUT2D eigenvalue weighted by Crippen LogP contribution is 2.31. The van der Waals surface area contributed by atoms with Crippen molar-refractivity contribution in [2.75, 3.05) is 13.1 Å². The summed E-state index contributed by atoms with van der Waals surface area (Å²) in [5, 5.41) is 3.03. The minimum Gasteiger partial charge on any atom is -0.352 e. The average molecular weight is 281 g/mol. The number of hydrogen-bond acceptors (Lipinski definition) is 3. The Balaban J connectivity index is 1.70. The van der Waals surface area contributed by atoms with Gasteiger partial charge in [-0.1, -0.05) is 13.8 Å². The second-order valence-corrected chi connectivity index (χ2v) is 6.62. The molecule has 5 nitrogen and oxygen atoms in total. The van der Waals surface area contributed by atoms with Crippen LogP contribution < -0.4 is 11.1 Å². The van der Waals surface area contributed by atoms with Crippen LogP contribution in [0.5, 0.6) is 0 Å². The molecule has 114 valence electrons. The topological polar surface area (TPSA) is 75.4 Å². The van der Waals surface area contributed by atoms with Crippen molar-refractivity contribution < 1.29 is 9.59 Å². The van der Waals surface area contributed by atoms with Gasteiger partial charge in [-0.15, -0.1) is 0 Å². The lowest BCUT2D eigenvalue weighted by atomic mass is 10.0. The van der Waals surface area contributed by atoms with Crippen LogP contribution in [0, 0.1) is 11.8 Å². The van der Waals surface area contributed by atoms with E-state index in [0.717, 1.165) is 38.8 Å². The van der Waals surface area contributed by atoms with Crippen LogP contribution in [0.25, 0.3) is 0 Å². The highest BCUT2D eigenvalue weighted by Gasteiger charge is 2.35. The van der Waals surface area contributed by atoms with Gasteiger partial charge in [0.1, 0.15) is 0 Å². The molecule has 3 N–H and O–H groups in total. The zero-order chi connectivity index (χ0) is 14.7. The Morgan fingerprint density at radius 3 is 2.30 bits per heavy atom. The standard InChI is InChI=1S/C15H27N3O2/c1-10(2)9-13(16)14(19)17-12-5-7-18(8-6-12)15(20)11-3-4-11/h10-13H,3-9,16H2,1-2H3,(H,17,19)/t13-/m0/s1. The Morgan fingerprint density at radius 2 is 1.80 bits per heavy atom. The molecule has 0 aromatic heterocycles. The van der Waals surface area contributed by atoms with Gasteiger partial charge >= 0.3 is 0 Å². The van der Waals surface area contributed by atoms with Crippen LogP contribution >= 0.6 is 0 Å². The summed E-state index contributed by atoms with van der Waals surface area (Å²) >= 11 is 0. The van der Waals surface area contributed by atoms with Crippen molar-refractivity contribution in [2.24, 2.45) is 17.6 Å². The van der Waals surface area contributed by atoms with Crippen molar-refractivity contribution in [3.63, 3.8) is 0 Å². The first-order valence-corrected chi connectivity index (χ1v) is 7.82. The number of amides is 2. The van der Waals surface area contributed by atoms with Crippen LogP contribution in [0.1, 0.15) is 46.0 Å². The molecule has 0 spiro atoms. The Labute approximate surface area is 121 Å². The van der Waals surface area contributed by atoms with Gasteiger partial charge in [-0.3, -0.25) is 9.59 Å². The van der Waals surface area contributed by atoms with Crippen molar-refractivity contribution in [1.82, 2.24) is 10.2 Å². The lowest BCUT2D eigenvalue weighted by molar-refractivity contribution is -0.133. The van der Waals surface area contributed by atoms with Gasteiger partial charge in [0.25, 0.3) is 0 Å². The third-order valence-electron chi connectivity index (χ3n) is 4.14.